The molecule has 96 valence electrons. The van der Waals surface area contributed by atoms with Gasteiger partial charge in [0, 0.05) is 11.1 Å². The van der Waals surface area contributed by atoms with E-state index in [-0.39, 0.29) is 5.78 Å². The predicted molar refractivity (Wildman–Crippen MR) is 77.5 cm³/mol. The highest BCUT2D eigenvalue weighted by molar-refractivity contribution is 6.09. The molecule has 0 heterocycles. The first-order chi connectivity index (χ1) is 9.34. The molecule has 1 aliphatic carbocycles. The van der Waals surface area contributed by atoms with Crippen molar-refractivity contribution in [2.75, 3.05) is 0 Å². The summed E-state index contributed by atoms with van der Waals surface area (Å²) < 4.78 is 0. The van der Waals surface area contributed by atoms with E-state index in [0.29, 0.717) is 5.92 Å². The van der Waals surface area contributed by atoms with Crippen LogP contribution in [0.3, 0.4) is 0 Å². The Morgan fingerprint density at radius 2 is 1.53 bits per heavy atom. The molecule has 2 aromatic rings. The molecule has 0 aromatic heterocycles. The van der Waals surface area contributed by atoms with E-state index in [9.17, 15) is 4.79 Å². The fourth-order valence-electron chi connectivity index (χ4n) is 2.95. The van der Waals surface area contributed by atoms with Crippen molar-refractivity contribution in [2.24, 2.45) is 0 Å². The van der Waals surface area contributed by atoms with Gasteiger partial charge in [-0.2, -0.15) is 0 Å². The molecule has 0 amide bonds. The third kappa shape index (κ3) is 2.60. The molecular formula is C18H18O. The van der Waals surface area contributed by atoms with Gasteiger partial charge in [0.1, 0.15) is 0 Å². The highest BCUT2D eigenvalue weighted by atomic mass is 16.1. The van der Waals surface area contributed by atoms with E-state index in [2.05, 4.69) is 12.1 Å². The van der Waals surface area contributed by atoms with Crippen LogP contribution >= 0.6 is 0 Å². The van der Waals surface area contributed by atoms with E-state index >= 15 is 0 Å². The van der Waals surface area contributed by atoms with Gasteiger partial charge in [-0.05, 0) is 30.4 Å². The Balaban J connectivity index is 1.89. The Morgan fingerprint density at radius 1 is 0.842 bits per heavy atom. The van der Waals surface area contributed by atoms with Gasteiger partial charge in [-0.25, -0.2) is 0 Å². The zero-order valence-electron chi connectivity index (χ0n) is 11.0. The molecule has 0 N–H and O–H groups in total. The molecular weight excluding hydrogens is 232 g/mol. The van der Waals surface area contributed by atoms with Crippen LogP contribution < -0.4 is 0 Å². The van der Waals surface area contributed by atoms with Gasteiger partial charge in [-0.15, -0.1) is 0 Å². The van der Waals surface area contributed by atoms with E-state index in [1.54, 1.807) is 0 Å². The van der Waals surface area contributed by atoms with Crippen LogP contribution in [0.15, 0.2) is 54.6 Å². The summed E-state index contributed by atoms with van der Waals surface area (Å²) in [6.45, 7) is 0. The van der Waals surface area contributed by atoms with Gasteiger partial charge in [0.05, 0.1) is 0 Å². The van der Waals surface area contributed by atoms with Gasteiger partial charge in [0.15, 0.2) is 5.78 Å². The van der Waals surface area contributed by atoms with Gasteiger partial charge in [0.2, 0.25) is 0 Å². The fraction of sp³-hybridized carbons (Fsp3) is 0.278. The molecule has 1 fully saturated rings. The SMILES string of the molecule is O=C(c1ccccc1)c1cccc(C2CCCC2)c1. The minimum absolute atomic E-state index is 0.125. The van der Waals surface area contributed by atoms with Crippen molar-refractivity contribution in [3.05, 3.63) is 71.3 Å². The van der Waals surface area contributed by atoms with Gasteiger partial charge >= 0.3 is 0 Å². The highest BCUT2D eigenvalue weighted by Gasteiger charge is 2.18. The number of carbonyl (C=O) groups excluding carboxylic acids is 1. The molecule has 2 aromatic carbocycles. The Bertz CT molecular complexity index is 565. The van der Waals surface area contributed by atoms with E-state index in [4.69, 9.17) is 0 Å². The van der Waals surface area contributed by atoms with Crippen LogP contribution in [0, 0.1) is 0 Å². The lowest BCUT2D eigenvalue weighted by molar-refractivity contribution is 0.103. The first kappa shape index (κ1) is 12.2. The van der Waals surface area contributed by atoms with Crippen LogP contribution in [0.5, 0.6) is 0 Å². The number of ketones is 1. The maximum absolute atomic E-state index is 12.4. The normalized spacial score (nSPS) is 15.6. The molecule has 0 saturated heterocycles. The summed E-state index contributed by atoms with van der Waals surface area (Å²) in [4.78, 5) is 12.4. The minimum Gasteiger partial charge on any atom is -0.289 e. The third-order valence-electron chi connectivity index (χ3n) is 4.01. The van der Waals surface area contributed by atoms with Crippen LogP contribution in [0.1, 0.15) is 53.1 Å². The zero-order valence-corrected chi connectivity index (χ0v) is 11.0. The summed E-state index contributed by atoms with van der Waals surface area (Å²) in [5.41, 5.74) is 2.92. The van der Waals surface area contributed by atoms with Crippen LogP contribution in [0.25, 0.3) is 0 Å². The molecule has 19 heavy (non-hydrogen) atoms. The lowest BCUT2D eigenvalue weighted by atomic mass is 9.94. The Labute approximate surface area is 114 Å². The monoisotopic (exact) mass is 250 g/mol. The molecule has 0 radical (unpaired) electrons. The zero-order chi connectivity index (χ0) is 13.1. The number of rotatable bonds is 3. The Kier molecular flexibility index (Phi) is 3.45. The van der Waals surface area contributed by atoms with E-state index in [1.165, 1.54) is 31.2 Å². The van der Waals surface area contributed by atoms with Crippen molar-refractivity contribution in [3.63, 3.8) is 0 Å². The summed E-state index contributed by atoms with van der Waals surface area (Å²) in [6, 6.07) is 17.7. The molecule has 0 spiro atoms. The molecule has 1 aliphatic rings. The average molecular weight is 250 g/mol. The second-order valence-electron chi connectivity index (χ2n) is 5.30. The predicted octanol–water partition coefficient (Wildman–Crippen LogP) is 4.58. The van der Waals surface area contributed by atoms with Gasteiger partial charge in [-0.3, -0.25) is 4.79 Å². The second-order valence-corrected chi connectivity index (χ2v) is 5.30. The summed E-state index contributed by atoms with van der Waals surface area (Å²) >= 11 is 0. The fourth-order valence-corrected chi connectivity index (χ4v) is 2.95. The maximum atomic E-state index is 12.4. The molecule has 0 unspecified atom stereocenters. The third-order valence-corrected chi connectivity index (χ3v) is 4.01. The molecule has 1 heteroatoms. The molecule has 1 saturated carbocycles. The number of hydrogen-bond donors (Lipinski definition) is 0. The average Bonchev–Trinajstić information content (AvgIpc) is 3.02. The number of hydrogen-bond acceptors (Lipinski definition) is 1. The summed E-state index contributed by atoms with van der Waals surface area (Å²) in [6.07, 6.45) is 5.18. The first-order valence-corrected chi connectivity index (χ1v) is 7.04. The van der Waals surface area contributed by atoms with Gasteiger partial charge in [0.25, 0.3) is 0 Å². The first-order valence-electron chi connectivity index (χ1n) is 7.04. The van der Waals surface area contributed by atoms with Gasteiger partial charge in [-0.1, -0.05) is 61.4 Å². The summed E-state index contributed by atoms with van der Waals surface area (Å²) in [7, 11) is 0. The van der Waals surface area contributed by atoms with Crippen LogP contribution in [-0.4, -0.2) is 5.78 Å². The van der Waals surface area contributed by atoms with Crippen LogP contribution in [0.4, 0.5) is 0 Å². The van der Waals surface area contributed by atoms with Crippen molar-refractivity contribution in [3.8, 4) is 0 Å². The van der Waals surface area contributed by atoms with Gasteiger partial charge < -0.3 is 0 Å². The highest BCUT2D eigenvalue weighted by Crippen LogP contribution is 2.34. The van der Waals surface area contributed by atoms with Crippen molar-refractivity contribution in [1.82, 2.24) is 0 Å². The number of benzene rings is 2. The standard InChI is InChI=1S/C18H18O/c19-18(15-9-2-1-3-10-15)17-12-6-11-16(13-17)14-7-4-5-8-14/h1-3,6,9-14H,4-5,7-8H2. The molecule has 0 aliphatic heterocycles. The smallest absolute Gasteiger partial charge is 0.193 e. The molecule has 0 atom stereocenters. The Hall–Kier alpha value is -1.89. The summed E-state index contributed by atoms with van der Waals surface area (Å²) in [5.74, 6) is 0.781. The lowest BCUT2D eigenvalue weighted by Gasteiger charge is -2.10. The maximum Gasteiger partial charge on any atom is 0.193 e. The van der Waals surface area contributed by atoms with Crippen LogP contribution in [0.2, 0.25) is 0 Å². The van der Waals surface area contributed by atoms with E-state index in [1.807, 2.05) is 42.5 Å². The number of carbonyl (C=O) groups is 1. The van der Waals surface area contributed by atoms with Crippen molar-refractivity contribution < 1.29 is 4.79 Å². The van der Waals surface area contributed by atoms with Crippen molar-refractivity contribution in [1.29, 1.82) is 0 Å². The van der Waals surface area contributed by atoms with Crippen molar-refractivity contribution >= 4 is 5.78 Å². The minimum atomic E-state index is 0.125. The summed E-state index contributed by atoms with van der Waals surface area (Å²) in [5, 5.41) is 0. The Morgan fingerprint density at radius 3 is 2.26 bits per heavy atom. The molecule has 1 nitrogen and oxygen atoms in total. The largest absolute Gasteiger partial charge is 0.289 e. The molecule has 3 rings (SSSR count). The van der Waals surface area contributed by atoms with E-state index < -0.39 is 0 Å². The lowest BCUT2D eigenvalue weighted by Crippen LogP contribution is -2.02. The second kappa shape index (κ2) is 5.40. The topological polar surface area (TPSA) is 17.1 Å². The quantitative estimate of drug-likeness (QED) is 0.729. The van der Waals surface area contributed by atoms with Crippen molar-refractivity contribution in [2.45, 2.75) is 31.6 Å². The van der Waals surface area contributed by atoms with E-state index in [0.717, 1.165) is 11.1 Å². The molecule has 0 bridgehead atoms. The van der Waals surface area contributed by atoms with Crippen LogP contribution in [-0.2, 0) is 0 Å².